The fourth-order valence-electron chi connectivity index (χ4n) is 0.554. The molecular weight excluding hydrogens is 132 g/mol. The SMILES string of the molecule is CC(C)[C@H](N)[C@H](O)C(N)=O. The zero-order valence-corrected chi connectivity index (χ0v) is 6.24. The Morgan fingerprint density at radius 2 is 1.90 bits per heavy atom. The van der Waals surface area contributed by atoms with E-state index in [0.29, 0.717) is 0 Å². The lowest BCUT2D eigenvalue weighted by Crippen LogP contribution is -2.46. The molecule has 10 heavy (non-hydrogen) atoms. The Morgan fingerprint density at radius 3 is 2.00 bits per heavy atom. The summed E-state index contributed by atoms with van der Waals surface area (Å²) in [6, 6.07) is -0.558. The Kier molecular flexibility index (Phi) is 3.32. The van der Waals surface area contributed by atoms with Gasteiger partial charge in [0.15, 0.2) is 0 Å². The van der Waals surface area contributed by atoms with Gasteiger partial charge < -0.3 is 16.6 Å². The molecule has 4 nitrogen and oxygen atoms in total. The number of carbonyl (C=O) groups is 1. The second-order valence-corrected chi connectivity index (χ2v) is 2.67. The summed E-state index contributed by atoms with van der Waals surface area (Å²) in [6.45, 7) is 3.63. The maximum atomic E-state index is 10.3. The smallest absolute Gasteiger partial charge is 0.247 e. The van der Waals surface area contributed by atoms with Gasteiger partial charge in [0.1, 0.15) is 6.10 Å². The molecule has 0 rings (SSSR count). The van der Waals surface area contributed by atoms with Crippen molar-refractivity contribution < 1.29 is 9.90 Å². The monoisotopic (exact) mass is 146 g/mol. The molecule has 1 amide bonds. The zero-order chi connectivity index (χ0) is 8.31. The molecule has 0 aromatic carbocycles. The summed E-state index contributed by atoms with van der Waals surface area (Å²) in [4.78, 5) is 10.3. The fraction of sp³-hybridized carbons (Fsp3) is 0.833. The molecule has 0 aliphatic rings. The Morgan fingerprint density at radius 1 is 1.50 bits per heavy atom. The van der Waals surface area contributed by atoms with E-state index in [2.05, 4.69) is 0 Å². The molecule has 0 bridgehead atoms. The van der Waals surface area contributed by atoms with Gasteiger partial charge in [-0.05, 0) is 5.92 Å². The van der Waals surface area contributed by atoms with E-state index in [1.807, 2.05) is 13.8 Å². The van der Waals surface area contributed by atoms with Crippen LogP contribution in [0.2, 0.25) is 0 Å². The first-order chi connectivity index (χ1) is 4.46. The molecule has 0 aliphatic carbocycles. The topological polar surface area (TPSA) is 89.3 Å². The van der Waals surface area contributed by atoms with Crippen LogP contribution in [-0.2, 0) is 4.79 Å². The lowest BCUT2D eigenvalue weighted by molar-refractivity contribution is -0.127. The van der Waals surface area contributed by atoms with Crippen molar-refractivity contribution in [2.75, 3.05) is 0 Å². The third kappa shape index (κ3) is 2.33. The average Bonchev–Trinajstić information content (AvgIpc) is 1.84. The van der Waals surface area contributed by atoms with Crippen molar-refractivity contribution in [3.63, 3.8) is 0 Å². The van der Waals surface area contributed by atoms with Gasteiger partial charge in [-0.15, -0.1) is 0 Å². The van der Waals surface area contributed by atoms with Gasteiger partial charge >= 0.3 is 0 Å². The van der Waals surface area contributed by atoms with Gasteiger partial charge in [0.25, 0.3) is 0 Å². The maximum Gasteiger partial charge on any atom is 0.247 e. The number of rotatable bonds is 3. The quantitative estimate of drug-likeness (QED) is 0.468. The molecule has 0 spiro atoms. The van der Waals surface area contributed by atoms with Crippen molar-refractivity contribution in [2.45, 2.75) is 26.0 Å². The van der Waals surface area contributed by atoms with E-state index in [0.717, 1.165) is 0 Å². The summed E-state index contributed by atoms with van der Waals surface area (Å²) >= 11 is 0. The van der Waals surface area contributed by atoms with Crippen LogP contribution in [0.15, 0.2) is 0 Å². The molecule has 0 heterocycles. The van der Waals surface area contributed by atoms with Crippen molar-refractivity contribution in [1.29, 1.82) is 0 Å². The first-order valence-electron chi connectivity index (χ1n) is 3.19. The van der Waals surface area contributed by atoms with Gasteiger partial charge in [-0.3, -0.25) is 4.79 Å². The van der Waals surface area contributed by atoms with E-state index in [4.69, 9.17) is 16.6 Å². The molecule has 60 valence electrons. The third-order valence-electron chi connectivity index (χ3n) is 1.43. The minimum atomic E-state index is -1.22. The van der Waals surface area contributed by atoms with E-state index >= 15 is 0 Å². The third-order valence-corrected chi connectivity index (χ3v) is 1.43. The van der Waals surface area contributed by atoms with Crippen molar-refractivity contribution in [3.05, 3.63) is 0 Å². The molecule has 2 atom stereocenters. The van der Waals surface area contributed by atoms with Crippen LogP contribution in [0, 0.1) is 5.92 Å². The Bertz CT molecular complexity index is 125. The predicted molar refractivity (Wildman–Crippen MR) is 38.0 cm³/mol. The van der Waals surface area contributed by atoms with Crippen LogP contribution in [0.25, 0.3) is 0 Å². The normalized spacial score (nSPS) is 16.9. The van der Waals surface area contributed by atoms with E-state index < -0.39 is 18.1 Å². The average molecular weight is 146 g/mol. The highest BCUT2D eigenvalue weighted by Gasteiger charge is 2.22. The number of primary amides is 1. The molecule has 0 aliphatic heterocycles. The van der Waals surface area contributed by atoms with Gasteiger partial charge in [-0.25, -0.2) is 0 Å². The van der Waals surface area contributed by atoms with E-state index in [1.165, 1.54) is 0 Å². The van der Waals surface area contributed by atoms with Crippen LogP contribution in [0.4, 0.5) is 0 Å². The highest BCUT2D eigenvalue weighted by atomic mass is 16.3. The van der Waals surface area contributed by atoms with Gasteiger partial charge in [0.05, 0.1) is 0 Å². The largest absolute Gasteiger partial charge is 0.382 e. The first kappa shape index (κ1) is 9.39. The number of aliphatic hydroxyl groups excluding tert-OH is 1. The van der Waals surface area contributed by atoms with Crippen LogP contribution in [-0.4, -0.2) is 23.2 Å². The maximum absolute atomic E-state index is 10.3. The van der Waals surface area contributed by atoms with E-state index in [-0.39, 0.29) is 5.92 Å². The van der Waals surface area contributed by atoms with E-state index in [9.17, 15) is 4.79 Å². The molecule has 0 radical (unpaired) electrons. The van der Waals surface area contributed by atoms with Crippen molar-refractivity contribution >= 4 is 5.91 Å². The Labute approximate surface area is 60.2 Å². The van der Waals surface area contributed by atoms with Gasteiger partial charge in [-0.2, -0.15) is 0 Å². The lowest BCUT2D eigenvalue weighted by atomic mass is 9.99. The van der Waals surface area contributed by atoms with Gasteiger partial charge in [0.2, 0.25) is 5.91 Å². The summed E-state index contributed by atoms with van der Waals surface area (Å²) in [5, 5.41) is 8.97. The standard InChI is InChI=1S/C6H14N2O2/c1-3(2)4(7)5(9)6(8)10/h3-5,9H,7H2,1-2H3,(H2,8,10)/t4-,5-/m0/s1. The summed E-state index contributed by atoms with van der Waals surface area (Å²) in [6.07, 6.45) is -1.22. The summed E-state index contributed by atoms with van der Waals surface area (Å²) in [7, 11) is 0. The summed E-state index contributed by atoms with van der Waals surface area (Å²) in [5.74, 6) is -0.705. The predicted octanol–water partition coefficient (Wildman–Crippen LogP) is -1.18. The van der Waals surface area contributed by atoms with Crippen molar-refractivity contribution in [2.24, 2.45) is 17.4 Å². The molecule has 0 fully saturated rings. The minimum Gasteiger partial charge on any atom is -0.382 e. The zero-order valence-electron chi connectivity index (χ0n) is 6.24. The molecule has 0 saturated carbocycles. The van der Waals surface area contributed by atoms with E-state index in [1.54, 1.807) is 0 Å². The van der Waals surface area contributed by atoms with Gasteiger partial charge in [0, 0.05) is 6.04 Å². The number of carbonyl (C=O) groups excluding carboxylic acids is 1. The number of amides is 1. The number of nitrogens with two attached hydrogens (primary N) is 2. The second kappa shape index (κ2) is 3.53. The molecule has 0 aromatic rings. The van der Waals surface area contributed by atoms with Crippen LogP contribution in [0.3, 0.4) is 0 Å². The van der Waals surface area contributed by atoms with Crippen LogP contribution < -0.4 is 11.5 Å². The highest BCUT2D eigenvalue weighted by molar-refractivity contribution is 5.79. The Hall–Kier alpha value is -0.610. The van der Waals surface area contributed by atoms with Gasteiger partial charge in [-0.1, -0.05) is 13.8 Å². The molecule has 5 N–H and O–H groups in total. The Balaban J connectivity index is 3.94. The highest BCUT2D eigenvalue weighted by Crippen LogP contribution is 2.02. The molecule has 4 heteroatoms. The summed E-state index contributed by atoms with van der Waals surface area (Å²) in [5.41, 5.74) is 10.2. The molecule has 0 saturated heterocycles. The molecule has 0 unspecified atom stereocenters. The van der Waals surface area contributed by atoms with Crippen LogP contribution in [0.5, 0.6) is 0 Å². The second-order valence-electron chi connectivity index (χ2n) is 2.67. The molecule has 0 aromatic heterocycles. The lowest BCUT2D eigenvalue weighted by Gasteiger charge is -2.18. The van der Waals surface area contributed by atoms with Crippen molar-refractivity contribution in [3.8, 4) is 0 Å². The van der Waals surface area contributed by atoms with Crippen LogP contribution in [0.1, 0.15) is 13.8 Å². The number of aliphatic hydroxyl groups is 1. The fourth-order valence-corrected chi connectivity index (χ4v) is 0.554. The summed E-state index contributed by atoms with van der Waals surface area (Å²) < 4.78 is 0. The van der Waals surface area contributed by atoms with Crippen LogP contribution >= 0.6 is 0 Å². The van der Waals surface area contributed by atoms with Crippen molar-refractivity contribution in [1.82, 2.24) is 0 Å². The first-order valence-corrected chi connectivity index (χ1v) is 3.19. The number of hydrogen-bond donors (Lipinski definition) is 3. The molecular formula is C6H14N2O2. The minimum absolute atomic E-state index is 0.0579. The number of hydrogen-bond acceptors (Lipinski definition) is 3.